The van der Waals surface area contributed by atoms with Crippen LogP contribution in [0.5, 0.6) is 0 Å². The Kier molecular flexibility index (Phi) is 7.22. The van der Waals surface area contributed by atoms with Crippen molar-refractivity contribution < 1.29 is 4.79 Å². The first-order valence-electron chi connectivity index (χ1n) is 8.00. The highest BCUT2D eigenvalue weighted by Crippen LogP contribution is 2.17. The Labute approximate surface area is 138 Å². The van der Waals surface area contributed by atoms with Crippen molar-refractivity contribution in [3.63, 3.8) is 0 Å². The zero-order chi connectivity index (χ0) is 15.8. The fourth-order valence-electron chi connectivity index (χ4n) is 2.44. The van der Waals surface area contributed by atoms with Gasteiger partial charge in [-0.25, -0.2) is 0 Å². The van der Waals surface area contributed by atoms with Gasteiger partial charge in [0.1, 0.15) is 0 Å². The van der Waals surface area contributed by atoms with Gasteiger partial charge in [-0.2, -0.15) is 0 Å². The fourth-order valence-corrected chi connectivity index (χ4v) is 3.16. The van der Waals surface area contributed by atoms with E-state index >= 15 is 0 Å². The Morgan fingerprint density at radius 2 is 1.86 bits per heavy atom. The highest BCUT2D eigenvalue weighted by molar-refractivity contribution is 8.00. The van der Waals surface area contributed by atoms with Crippen molar-refractivity contribution in [2.24, 2.45) is 0 Å². The number of thioether (sulfide) groups is 1. The number of piperazine rings is 1. The van der Waals surface area contributed by atoms with E-state index < -0.39 is 0 Å². The predicted octanol–water partition coefficient (Wildman–Crippen LogP) is 1.84. The summed E-state index contributed by atoms with van der Waals surface area (Å²) in [5, 5.41) is 3.02. The van der Waals surface area contributed by atoms with Gasteiger partial charge in [-0.3, -0.25) is 4.79 Å². The quantitative estimate of drug-likeness (QED) is 0.614. The van der Waals surface area contributed by atoms with E-state index in [1.165, 1.54) is 5.56 Å². The average molecular weight is 321 g/mol. The van der Waals surface area contributed by atoms with Crippen molar-refractivity contribution in [3.05, 3.63) is 29.8 Å². The van der Waals surface area contributed by atoms with Gasteiger partial charge >= 0.3 is 0 Å². The van der Waals surface area contributed by atoms with Crippen LogP contribution in [0.4, 0.5) is 0 Å². The molecular weight excluding hydrogens is 294 g/mol. The molecule has 1 amide bonds. The summed E-state index contributed by atoms with van der Waals surface area (Å²) in [6.07, 6.45) is 1.03. The second kappa shape index (κ2) is 9.18. The highest BCUT2D eigenvalue weighted by Gasteiger charge is 2.12. The summed E-state index contributed by atoms with van der Waals surface area (Å²) in [5.41, 5.74) is 1.25. The van der Waals surface area contributed by atoms with Gasteiger partial charge in [0.2, 0.25) is 5.91 Å². The third-order valence-electron chi connectivity index (χ3n) is 3.96. The molecule has 0 atom stereocenters. The molecule has 1 heterocycles. The molecule has 0 saturated carbocycles. The van der Waals surface area contributed by atoms with Crippen LogP contribution in [-0.4, -0.2) is 67.8 Å². The Bertz CT molecular complexity index is 455. The minimum absolute atomic E-state index is 0.129. The lowest BCUT2D eigenvalue weighted by Gasteiger charge is -2.32. The number of amides is 1. The number of carbonyl (C=O) groups is 1. The number of hydrogen-bond acceptors (Lipinski definition) is 4. The lowest BCUT2D eigenvalue weighted by atomic mass is 10.2. The maximum absolute atomic E-state index is 11.8. The average Bonchev–Trinajstić information content (AvgIpc) is 2.53. The van der Waals surface area contributed by atoms with Crippen molar-refractivity contribution in [2.75, 3.05) is 52.1 Å². The molecule has 1 N–H and O–H groups in total. The van der Waals surface area contributed by atoms with E-state index in [2.05, 4.69) is 53.4 Å². The Morgan fingerprint density at radius 3 is 2.55 bits per heavy atom. The molecule has 1 saturated heterocycles. The van der Waals surface area contributed by atoms with E-state index in [1.54, 1.807) is 11.8 Å². The van der Waals surface area contributed by atoms with Gasteiger partial charge in [0, 0.05) is 37.6 Å². The molecule has 2 rings (SSSR count). The number of benzene rings is 1. The van der Waals surface area contributed by atoms with Crippen LogP contribution in [0, 0.1) is 6.92 Å². The zero-order valence-electron chi connectivity index (χ0n) is 13.7. The molecule has 1 aliphatic rings. The summed E-state index contributed by atoms with van der Waals surface area (Å²) in [4.78, 5) is 17.8. The monoisotopic (exact) mass is 321 g/mol. The van der Waals surface area contributed by atoms with Gasteiger partial charge in [0.15, 0.2) is 0 Å². The van der Waals surface area contributed by atoms with Gasteiger partial charge < -0.3 is 15.1 Å². The first-order valence-corrected chi connectivity index (χ1v) is 8.99. The molecule has 1 aromatic carbocycles. The number of likely N-dealkylation sites (N-methyl/N-ethyl adjacent to an activating group) is 1. The number of hydrogen-bond donors (Lipinski definition) is 1. The van der Waals surface area contributed by atoms with Gasteiger partial charge in [-0.05, 0) is 39.1 Å². The lowest BCUT2D eigenvalue weighted by molar-refractivity contribution is -0.118. The van der Waals surface area contributed by atoms with Gasteiger partial charge in [0.25, 0.3) is 0 Å². The molecule has 1 fully saturated rings. The van der Waals surface area contributed by atoms with E-state index in [9.17, 15) is 4.79 Å². The first-order chi connectivity index (χ1) is 10.6. The number of nitrogens with one attached hydrogen (secondary N) is 1. The number of nitrogens with zero attached hydrogens (tertiary/aromatic N) is 2. The molecular formula is C17H27N3OS. The summed E-state index contributed by atoms with van der Waals surface area (Å²) in [7, 11) is 2.17. The van der Waals surface area contributed by atoms with Crippen LogP contribution in [0.25, 0.3) is 0 Å². The lowest BCUT2D eigenvalue weighted by Crippen LogP contribution is -2.45. The van der Waals surface area contributed by atoms with Gasteiger partial charge in [-0.15, -0.1) is 11.8 Å². The smallest absolute Gasteiger partial charge is 0.230 e. The Hall–Kier alpha value is -1.04. The third-order valence-corrected chi connectivity index (χ3v) is 4.97. The molecule has 5 heteroatoms. The maximum Gasteiger partial charge on any atom is 0.230 e. The SMILES string of the molecule is Cc1ccc(SCC(=O)NCCCN2CCN(C)CC2)cc1. The minimum atomic E-state index is 0.129. The highest BCUT2D eigenvalue weighted by atomic mass is 32.2. The van der Waals surface area contributed by atoms with Gasteiger partial charge in [-0.1, -0.05) is 17.7 Å². The predicted molar refractivity (Wildman–Crippen MR) is 93.5 cm³/mol. The molecule has 22 heavy (non-hydrogen) atoms. The molecule has 0 bridgehead atoms. The Morgan fingerprint density at radius 1 is 1.18 bits per heavy atom. The van der Waals surface area contributed by atoms with E-state index in [4.69, 9.17) is 0 Å². The second-order valence-electron chi connectivity index (χ2n) is 5.95. The zero-order valence-corrected chi connectivity index (χ0v) is 14.5. The van der Waals surface area contributed by atoms with Crippen molar-refractivity contribution >= 4 is 17.7 Å². The largest absolute Gasteiger partial charge is 0.355 e. The van der Waals surface area contributed by atoms with Crippen molar-refractivity contribution in [2.45, 2.75) is 18.2 Å². The standard InChI is InChI=1S/C17H27N3OS/c1-15-4-6-16(7-5-15)22-14-17(21)18-8-3-9-20-12-10-19(2)11-13-20/h4-7H,3,8-14H2,1-2H3,(H,18,21). The summed E-state index contributed by atoms with van der Waals surface area (Å²) in [5.74, 6) is 0.626. The Balaban J connectivity index is 1.53. The summed E-state index contributed by atoms with van der Waals surface area (Å²) >= 11 is 1.60. The van der Waals surface area contributed by atoms with Crippen molar-refractivity contribution in [1.82, 2.24) is 15.1 Å². The summed E-state index contributed by atoms with van der Waals surface area (Å²) in [6.45, 7) is 8.53. The maximum atomic E-state index is 11.8. The minimum Gasteiger partial charge on any atom is -0.355 e. The van der Waals surface area contributed by atoms with Crippen molar-refractivity contribution in [3.8, 4) is 0 Å². The molecule has 0 spiro atoms. The van der Waals surface area contributed by atoms with Crippen LogP contribution in [0.1, 0.15) is 12.0 Å². The molecule has 0 unspecified atom stereocenters. The van der Waals surface area contributed by atoms with E-state index in [-0.39, 0.29) is 5.91 Å². The third kappa shape index (κ3) is 6.38. The van der Waals surface area contributed by atoms with Crippen LogP contribution in [0.3, 0.4) is 0 Å². The van der Waals surface area contributed by atoms with Crippen molar-refractivity contribution in [1.29, 1.82) is 0 Å². The molecule has 1 aromatic rings. The van der Waals surface area contributed by atoms with E-state index in [0.29, 0.717) is 5.75 Å². The fraction of sp³-hybridized carbons (Fsp3) is 0.588. The van der Waals surface area contributed by atoms with Gasteiger partial charge in [0.05, 0.1) is 5.75 Å². The number of carbonyl (C=O) groups excluding carboxylic acids is 1. The molecule has 1 aliphatic heterocycles. The van der Waals surface area contributed by atoms with Crippen LogP contribution in [0.2, 0.25) is 0 Å². The number of rotatable bonds is 7. The molecule has 4 nitrogen and oxygen atoms in total. The van der Waals surface area contributed by atoms with Crippen LogP contribution < -0.4 is 5.32 Å². The normalized spacial score (nSPS) is 16.6. The summed E-state index contributed by atoms with van der Waals surface area (Å²) < 4.78 is 0. The molecule has 0 aromatic heterocycles. The number of aryl methyl sites for hydroxylation is 1. The van der Waals surface area contributed by atoms with Crippen LogP contribution >= 0.6 is 11.8 Å². The van der Waals surface area contributed by atoms with E-state index in [1.807, 2.05) is 0 Å². The topological polar surface area (TPSA) is 35.6 Å². The first kappa shape index (κ1) is 17.3. The molecule has 0 radical (unpaired) electrons. The molecule has 0 aliphatic carbocycles. The molecule has 122 valence electrons. The summed E-state index contributed by atoms with van der Waals surface area (Å²) in [6, 6.07) is 8.30. The van der Waals surface area contributed by atoms with Crippen LogP contribution in [0.15, 0.2) is 29.2 Å². The van der Waals surface area contributed by atoms with E-state index in [0.717, 1.165) is 50.6 Å². The second-order valence-corrected chi connectivity index (χ2v) is 7.00. The van der Waals surface area contributed by atoms with Crippen LogP contribution in [-0.2, 0) is 4.79 Å².